The standard InChI is InChI=1S/C21H29P/c1-15-9-16(2)12-19(11-15)21(7-5-6-8-22)20-13-17(3)10-18(4)14-20/h9-14,21H,5-8,22H2,1-4H3. The van der Waals surface area contributed by atoms with E-state index in [9.17, 15) is 0 Å². The fourth-order valence-corrected chi connectivity index (χ4v) is 3.73. The summed E-state index contributed by atoms with van der Waals surface area (Å²) >= 11 is 0. The van der Waals surface area contributed by atoms with Crippen LogP contribution >= 0.6 is 9.24 Å². The van der Waals surface area contributed by atoms with Crippen molar-refractivity contribution in [2.45, 2.75) is 52.9 Å². The van der Waals surface area contributed by atoms with Crippen LogP contribution in [0, 0.1) is 27.7 Å². The van der Waals surface area contributed by atoms with Gasteiger partial charge >= 0.3 is 0 Å². The quantitative estimate of drug-likeness (QED) is 0.447. The lowest BCUT2D eigenvalue weighted by Gasteiger charge is -2.20. The van der Waals surface area contributed by atoms with E-state index in [2.05, 4.69) is 73.3 Å². The Morgan fingerprint density at radius 1 is 0.682 bits per heavy atom. The van der Waals surface area contributed by atoms with E-state index < -0.39 is 0 Å². The highest BCUT2D eigenvalue weighted by Crippen LogP contribution is 2.32. The number of benzene rings is 2. The van der Waals surface area contributed by atoms with Crippen LogP contribution in [0.5, 0.6) is 0 Å². The molecular weight excluding hydrogens is 283 g/mol. The number of hydrogen-bond donors (Lipinski definition) is 0. The van der Waals surface area contributed by atoms with Crippen LogP contribution < -0.4 is 0 Å². The smallest absolute Gasteiger partial charge is 0.00897 e. The van der Waals surface area contributed by atoms with Crippen LogP contribution in [-0.4, -0.2) is 6.16 Å². The van der Waals surface area contributed by atoms with Gasteiger partial charge in [0, 0.05) is 5.92 Å². The molecule has 0 aliphatic rings. The lowest BCUT2D eigenvalue weighted by atomic mass is 9.84. The normalized spacial score (nSPS) is 11.2. The molecule has 0 nitrogen and oxygen atoms in total. The summed E-state index contributed by atoms with van der Waals surface area (Å²) in [7, 11) is 2.85. The zero-order valence-electron chi connectivity index (χ0n) is 14.4. The Morgan fingerprint density at radius 2 is 1.09 bits per heavy atom. The van der Waals surface area contributed by atoms with Gasteiger partial charge in [0.2, 0.25) is 0 Å². The van der Waals surface area contributed by atoms with Gasteiger partial charge in [0.1, 0.15) is 0 Å². The van der Waals surface area contributed by atoms with Gasteiger partial charge in [-0.15, -0.1) is 9.24 Å². The summed E-state index contributed by atoms with van der Waals surface area (Å²) in [5, 5.41) is 0. The minimum Gasteiger partial charge on any atom is -0.138 e. The second-order valence-corrected chi connectivity index (χ2v) is 7.26. The Balaban J connectivity index is 2.40. The Hall–Kier alpha value is -1.13. The third kappa shape index (κ3) is 4.68. The van der Waals surface area contributed by atoms with E-state index in [1.807, 2.05) is 0 Å². The van der Waals surface area contributed by atoms with Crippen molar-refractivity contribution in [3.63, 3.8) is 0 Å². The minimum absolute atomic E-state index is 0.522. The second kappa shape index (κ2) is 7.93. The summed E-state index contributed by atoms with van der Waals surface area (Å²) < 4.78 is 0. The molecule has 2 aromatic rings. The van der Waals surface area contributed by atoms with Crippen molar-refractivity contribution in [3.8, 4) is 0 Å². The van der Waals surface area contributed by atoms with Crippen molar-refractivity contribution in [2.75, 3.05) is 6.16 Å². The van der Waals surface area contributed by atoms with Crippen LogP contribution in [0.3, 0.4) is 0 Å². The van der Waals surface area contributed by atoms with Crippen LogP contribution in [0.1, 0.15) is 58.6 Å². The molecule has 1 heteroatoms. The molecule has 22 heavy (non-hydrogen) atoms. The lowest BCUT2D eigenvalue weighted by Crippen LogP contribution is -2.04. The molecule has 2 rings (SSSR count). The number of rotatable bonds is 6. The maximum Gasteiger partial charge on any atom is 0.00897 e. The first kappa shape index (κ1) is 17.2. The molecule has 0 aromatic heterocycles. The Labute approximate surface area is 138 Å². The first-order chi connectivity index (χ1) is 10.5. The average molecular weight is 312 g/mol. The molecule has 0 saturated heterocycles. The van der Waals surface area contributed by atoms with Crippen LogP contribution in [0.2, 0.25) is 0 Å². The van der Waals surface area contributed by atoms with E-state index >= 15 is 0 Å². The molecule has 0 aliphatic heterocycles. The topological polar surface area (TPSA) is 0 Å². The molecule has 1 atom stereocenters. The second-order valence-electron chi connectivity index (χ2n) is 6.68. The SMILES string of the molecule is Cc1cc(C)cc(C(CCCCP)c2cc(C)cc(C)c2)c1. The highest BCUT2D eigenvalue weighted by molar-refractivity contribution is 7.16. The van der Waals surface area contributed by atoms with Crippen LogP contribution in [-0.2, 0) is 0 Å². The molecule has 0 spiro atoms. The van der Waals surface area contributed by atoms with Crippen molar-refractivity contribution in [1.82, 2.24) is 0 Å². The van der Waals surface area contributed by atoms with E-state index in [1.165, 1.54) is 58.8 Å². The zero-order chi connectivity index (χ0) is 16.1. The molecule has 0 aliphatic carbocycles. The van der Waals surface area contributed by atoms with E-state index in [-0.39, 0.29) is 0 Å². The fraction of sp³-hybridized carbons (Fsp3) is 0.429. The monoisotopic (exact) mass is 312 g/mol. The predicted molar refractivity (Wildman–Crippen MR) is 102 cm³/mol. The molecule has 0 bridgehead atoms. The van der Waals surface area contributed by atoms with Gasteiger partial charge < -0.3 is 0 Å². The molecule has 0 heterocycles. The van der Waals surface area contributed by atoms with Gasteiger partial charge in [-0.1, -0.05) is 65.1 Å². The van der Waals surface area contributed by atoms with Gasteiger partial charge in [-0.2, -0.15) is 0 Å². The molecule has 118 valence electrons. The fourth-order valence-electron chi connectivity index (χ4n) is 3.44. The van der Waals surface area contributed by atoms with Crippen molar-refractivity contribution < 1.29 is 0 Å². The van der Waals surface area contributed by atoms with Gasteiger partial charge in [0.15, 0.2) is 0 Å². The molecule has 2 aromatic carbocycles. The number of hydrogen-bond acceptors (Lipinski definition) is 0. The van der Waals surface area contributed by atoms with Crippen LogP contribution in [0.4, 0.5) is 0 Å². The molecule has 0 amide bonds. The summed E-state index contributed by atoms with van der Waals surface area (Å²) in [4.78, 5) is 0. The third-order valence-corrected chi connectivity index (χ3v) is 4.65. The van der Waals surface area contributed by atoms with E-state index in [4.69, 9.17) is 0 Å². The number of aryl methyl sites for hydroxylation is 4. The van der Waals surface area contributed by atoms with Gasteiger partial charge in [0.05, 0.1) is 0 Å². The highest BCUT2D eigenvalue weighted by Gasteiger charge is 2.15. The zero-order valence-corrected chi connectivity index (χ0v) is 15.6. The first-order valence-electron chi connectivity index (χ1n) is 8.36. The summed E-state index contributed by atoms with van der Waals surface area (Å²) in [6.45, 7) is 8.82. The van der Waals surface area contributed by atoms with Crippen LogP contribution in [0.15, 0.2) is 36.4 Å². The Bertz CT molecular complexity index is 536. The molecule has 0 radical (unpaired) electrons. The van der Waals surface area contributed by atoms with Gasteiger partial charge in [-0.05, 0) is 57.8 Å². The van der Waals surface area contributed by atoms with E-state index in [0.29, 0.717) is 5.92 Å². The minimum atomic E-state index is 0.522. The summed E-state index contributed by atoms with van der Waals surface area (Å²) in [6.07, 6.45) is 5.01. The molecular formula is C21H29P. The summed E-state index contributed by atoms with van der Waals surface area (Å²) in [5.41, 5.74) is 8.44. The van der Waals surface area contributed by atoms with Crippen molar-refractivity contribution >= 4 is 9.24 Å². The Kier molecular flexibility index (Phi) is 6.21. The first-order valence-corrected chi connectivity index (χ1v) is 9.17. The molecule has 0 fully saturated rings. The lowest BCUT2D eigenvalue weighted by molar-refractivity contribution is 0.652. The third-order valence-electron chi connectivity index (χ3n) is 4.24. The van der Waals surface area contributed by atoms with E-state index in [0.717, 1.165) is 0 Å². The number of unbranched alkanes of at least 4 members (excludes halogenated alkanes) is 1. The van der Waals surface area contributed by atoms with Gasteiger partial charge in [-0.3, -0.25) is 0 Å². The predicted octanol–water partition coefficient (Wildman–Crippen LogP) is 6.10. The summed E-state index contributed by atoms with van der Waals surface area (Å²) in [5.74, 6) is 0.522. The van der Waals surface area contributed by atoms with Gasteiger partial charge in [-0.25, -0.2) is 0 Å². The maximum absolute atomic E-state index is 2.85. The average Bonchev–Trinajstić information content (AvgIpc) is 2.41. The molecule has 0 saturated carbocycles. The largest absolute Gasteiger partial charge is 0.138 e. The highest BCUT2D eigenvalue weighted by atomic mass is 31.0. The summed E-state index contributed by atoms with van der Waals surface area (Å²) in [6, 6.07) is 14.0. The van der Waals surface area contributed by atoms with Crippen molar-refractivity contribution in [2.24, 2.45) is 0 Å². The molecule has 1 unspecified atom stereocenters. The maximum atomic E-state index is 2.85. The Morgan fingerprint density at radius 3 is 1.45 bits per heavy atom. The van der Waals surface area contributed by atoms with Crippen molar-refractivity contribution in [1.29, 1.82) is 0 Å². The van der Waals surface area contributed by atoms with Crippen molar-refractivity contribution in [3.05, 3.63) is 69.8 Å². The van der Waals surface area contributed by atoms with Gasteiger partial charge in [0.25, 0.3) is 0 Å². The molecule has 0 N–H and O–H groups in total. The van der Waals surface area contributed by atoms with E-state index in [1.54, 1.807) is 0 Å². The van der Waals surface area contributed by atoms with Crippen LogP contribution in [0.25, 0.3) is 0 Å².